The van der Waals surface area contributed by atoms with Crippen LogP contribution in [0.1, 0.15) is 0 Å². The molecule has 0 radical (unpaired) electrons. The zero-order valence-electron chi connectivity index (χ0n) is 29.5. The molecule has 2 heteroatoms. The van der Waals surface area contributed by atoms with Gasteiger partial charge in [0.05, 0.1) is 16.7 Å². The average molecular weight is 687 g/mol. The van der Waals surface area contributed by atoms with Crippen LogP contribution in [0, 0.1) is 0 Å². The Balaban J connectivity index is 1.07. The van der Waals surface area contributed by atoms with E-state index in [1.807, 2.05) is 0 Å². The second-order valence-corrected chi connectivity index (χ2v) is 14.1. The molecule has 0 saturated heterocycles. The van der Waals surface area contributed by atoms with Crippen LogP contribution in [0.15, 0.2) is 206 Å². The highest BCUT2D eigenvalue weighted by molar-refractivity contribution is 6.21. The monoisotopic (exact) mass is 686 g/mol. The fourth-order valence-electron chi connectivity index (χ4n) is 8.68. The van der Waals surface area contributed by atoms with Gasteiger partial charge in [-0.3, -0.25) is 0 Å². The van der Waals surface area contributed by atoms with E-state index in [-0.39, 0.29) is 0 Å². The highest BCUT2D eigenvalue weighted by atomic mass is 15.1. The number of anilines is 3. The minimum Gasteiger partial charge on any atom is -0.310 e. The molecule has 0 saturated carbocycles. The number of rotatable bonds is 5. The predicted molar refractivity (Wildman–Crippen MR) is 231 cm³/mol. The van der Waals surface area contributed by atoms with Gasteiger partial charge in [-0.1, -0.05) is 152 Å². The van der Waals surface area contributed by atoms with E-state index < -0.39 is 0 Å². The van der Waals surface area contributed by atoms with Crippen LogP contribution >= 0.6 is 0 Å². The first-order valence-corrected chi connectivity index (χ1v) is 18.6. The molecule has 0 unspecified atom stereocenters. The Hall–Kier alpha value is -7.16. The number of fused-ring (bicyclic) bond motifs is 9. The standard InChI is InChI=1S/C52H34N2/c1-2-13-39(14-3-1)53(41-31-28-37-23-25-38-24-22-35-12-4-5-15-43(35)52(38)48(37)34-41)51-33-32-42(44-16-6-7-17-45(44)51)36-26-29-40(30-27-36)54-49-20-10-8-18-46(49)47-19-9-11-21-50(47)54/h1-34H. The van der Waals surface area contributed by atoms with Crippen molar-refractivity contribution in [3.05, 3.63) is 206 Å². The van der Waals surface area contributed by atoms with Crippen LogP contribution in [0.3, 0.4) is 0 Å². The Morgan fingerprint density at radius 2 is 0.889 bits per heavy atom. The van der Waals surface area contributed by atoms with Crippen LogP contribution in [-0.2, 0) is 0 Å². The fraction of sp³-hybridized carbons (Fsp3) is 0. The third kappa shape index (κ3) is 4.74. The van der Waals surface area contributed by atoms with Crippen molar-refractivity contribution in [1.82, 2.24) is 4.57 Å². The lowest BCUT2D eigenvalue weighted by atomic mass is 9.95. The van der Waals surface area contributed by atoms with Crippen molar-refractivity contribution in [2.24, 2.45) is 0 Å². The van der Waals surface area contributed by atoms with Crippen molar-refractivity contribution < 1.29 is 0 Å². The molecule has 2 nitrogen and oxygen atoms in total. The first kappa shape index (κ1) is 30.5. The van der Waals surface area contributed by atoms with Gasteiger partial charge in [-0.05, 0) is 103 Å². The molecular formula is C52H34N2. The lowest BCUT2D eigenvalue weighted by molar-refractivity contribution is 1.18. The second kappa shape index (κ2) is 12.2. The summed E-state index contributed by atoms with van der Waals surface area (Å²) in [6, 6.07) is 75.3. The van der Waals surface area contributed by atoms with E-state index in [1.165, 1.54) is 76.0 Å². The smallest absolute Gasteiger partial charge is 0.0541 e. The Morgan fingerprint density at radius 3 is 1.61 bits per heavy atom. The maximum atomic E-state index is 2.42. The highest BCUT2D eigenvalue weighted by Gasteiger charge is 2.19. The van der Waals surface area contributed by atoms with Crippen molar-refractivity contribution in [3.8, 4) is 16.8 Å². The zero-order valence-corrected chi connectivity index (χ0v) is 29.5. The van der Waals surface area contributed by atoms with E-state index in [0.29, 0.717) is 0 Å². The summed E-state index contributed by atoms with van der Waals surface area (Å²) in [6.45, 7) is 0. The molecule has 0 aliphatic heterocycles. The van der Waals surface area contributed by atoms with E-state index >= 15 is 0 Å². The molecular weight excluding hydrogens is 653 g/mol. The molecule has 0 fully saturated rings. The van der Waals surface area contributed by atoms with Gasteiger partial charge in [0, 0.05) is 33.2 Å². The van der Waals surface area contributed by atoms with Gasteiger partial charge in [0.25, 0.3) is 0 Å². The Kier molecular flexibility index (Phi) is 6.90. The summed E-state index contributed by atoms with van der Waals surface area (Å²) in [5, 5.41) is 12.5. The van der Waals surface area contributed by atoms with Crippen molar-refractivity contribution >= 4 is 82.0 Å². The molecule has 10 aromatic carbocycles. The maximum Gasteiger partial charge on any atom is 0.0541 e. The van der Waals surface area contributed by atoms with Gasteiger partial charge in [-0.25, -0.2) is 0 Å². The maximum absolute atomic E-state index is 2.42. The molecule has 11 aromatic rings. The first-order valence-electron chi connectivity index (χ1n) is 18.6. The fourth-order valence-corrected chi connectivity index (χ4v) is 8.68. The van der Waals surface area contributed by atoms with Gasteiger partial charge >= 0.3 is 0 Å². The van der Waals surface area contributed by atoms with Crippen LogP contribution in [0.2, 0.25) is 0 Å². The molecule has 0 atom stereocenters. The minimum absolute atomic E-state index is 1.12. The van der Waals surface area contributed by atoms with Gasteiger partial charge < -0.3 is 9.47 Å². The highest BCUT2D eigenvalue weighted by Crippen LogP contribution is 2.44. The van der Waals surface area contributed by atoms with Gasteiger partial charge in [-0.15, -0.1) is 0 Å². The lowest BCUT2D eigenvalue weighted by Crippen LogP contribution is -2.10. The van der Waals surface area contributed by atoms with Crippen LogP contribution in [0.25, 0.3) is 81.7 Å². The number of nitrogens with zero attached hydrogens (tertiary/aromatic N) is 2. The molecule has 0 aliphatic rings. The van der Waals surface area contributed by atoms with Crippen molar-refractivity contribution in [3.63, 3.8) is 0 Å². The summed E-state index contributed by atoms with van der Waals surface area (Å²) in [4.78, 5) is 2.42. The number of benzene rings is 10. The topological polar surface area (TPSA) is 8.17 Å². The van der Waals surface area contributed by atoms with E-state index in [2.05, 4.69) is 216 Å². The summed E-state index contributed by atoms with van der Waals surface area (Å²) < 4.78 is 2.38. The van der Waals surface area contributed by atoms with E-state index in [0.717, 1.165) is 22.7 Å². The summed E-state index contributed by atoms with van der Waals surface area (Å²) >= 11 is 0. The van der Waals surface area contributed by atoms with Crippen molar-refractivity contribution in [2.75, 3.05) is 4.90 Å². The summed E-state index contributed by atoms with van der Waals surface area (Å²) in [6.07, 6.45) is 0. The third-order valence-electron chi connectivity index (χ3n) is 11.1. The molecule has 0 aliphatic carbocycles. The Labute approximate surface area is 313 Å². The second-order valence-electron chi connectivity index (χ2n) is 14.1. The van der Waals surface area contributed by atoms with E-state index in [4.69, 9.17) is 0 Å². The molecule has 0 spiro atoms. The van der Waals surface area contributed by atoms with E-state index in [9.17, 15) is 0 Å². The van der Waals surface area contributed by atoms with Gasteiger partial charge in [-0.2, -0.15) is 0 Å². The molecule has 252 valence electrons. The molecule has 1 aromatic heterocycles. The molecule has 0 amide bonds. The van der Waals surface area contributed by atoms with E-state index in [1.54, 1.807) is 0 Å². The molecule has 0 bridgehead atoms. The molecule has 1 heterocycles. The van der Waals surface area contributed by atoms with Crippen molar-refractivity contribution in [2.45, 2.75) is 0 Å². The normalized spacial score (nSPS) is 11.7. The Bertz CT molecular complexity index is 3150. The molecule has 54 heavy (non-hydrogen) atoms. The summed E-state index contributed by atoms with van der Waals surface area (Å²) in [7, 11) is 0. The quantitative estimate of drug-likeness (QED) is 0.164. The molecule has 0 N–H and O–H groups in total. The third-order valence-corrected chi connectivity index (χ3v) is 11.1. The van der Waals surface area contributed by atoms with Crippen molar-refractivity contribution in [1.29, 1.82) is 0 Å². The van der Waals surface area contributed by atoms with Crippen LogP contribution in [-0.4, -0.2) is 4.57 Å². The summed E-state index contributed by atoms with van der Waals surface area (Å²) in [5.41, 5.74) is 9.40. The summed E-state index contributed by atoms with van der Waals surface area (Å²) in [5.74, 6) is 0. The predicted octanol–water partition coefficient (Wildman–Crippen LogP) is 14.5. The number of para-hydroxylation sites is 3. The Morgan fingerprint density at radius 1 is 0.333 bits per heavy atom. The number of hydrogen-bond donors (Lipinski definition) is 0. The average Bonchev–Trinajstić information content (AvgIpc) is 3.58. The number of aromatic nitrogens is 1. The van der Waals surface area contributed by atoms with Gasteiger partial charge in [0.15, 0.2) is 0 Å². The zero-order chi connectivity index (χ0) is 35.6. The largest absolute Gasteiger partial charge is 0.310 e. The number of hydrogen-bond acceptors (Lipinski definition) is 1. The first-order chi connectivity index (χ1) is 26.8. The molecule has 11 rings (SSSR count). The van der Waals surface area contributed by atoms with Gasteiger partial charge in [0.2, 0.25) is 0 Å². The lowest BCUT2D eigenvalue weighted by Gasteiger charge is -2.28. The van der Waals surface area contributed by atoms with Crippen LogP contribution in [0.4, 0.5) is 17.1 Å². The van der Waals surface area contributed by atoms with Gasteiger partial charge in [0.1, 0.15) is 0 Å². The minimum atomic E-state index is 1.12. The van der Waals surface area contributed by atoms with Crippen LogP contribution < -0.4 is 4.90 Å². The van der Waals surface area contributed by atoms with Crippen LogP contribution in [0.5, 0.6) is 0 Å². The SMILES string of the molecule is c1ccc(N(c2ccc3ccc4ccc5ccccc5c4c3c2)c2ccc(-c3ccc(-n4c5ccccc5c5ccccc54)cc3)c3ccccc23)cc1.